The smallest absolute Gasteiger partial charge is 0.428 e. The first-order valence-corrected chi connectivity index (χ1v) is 22.9. The van der Waals surface area contributed by atoms with Crippen molar-refractivity contribution in [2.75, 3.05) is 0 Å². The number of fused-ring (bicyclic) bond motifs is 6. The Balaban J connectivity index is 1.51. The molecule has 0 aliphatic carbocycles. The molecule has 64 heavy (non-hydrogen) atoms. The molecule has 0 radical (unpaired) electrons. The normalized spacial score (nSPS) is 12.9. The number of rotatable bonds is 10. The molecule has 7 rings (SSSR count). The molecular weight excluding hydrogens is 933 g/mol. The van der Waals surface area contributed by atoms with E-state index in [1.165, 1.54) is 24.3 Å². The molecule has 28 heteroatoms. The van der Waals surface area contributed by atoms with Crippen LogP contribution in [0, 0.1) is 0 Å². The van der Waals surface area contributed by atoms with Gasteiger partial charge < -0.3 is 18.9 Å². The van der Waals surface area contributed by atoms with E-state index in [1.807, 2.05) is 0 Å². The first kappa shape index (κ1) is 45.9. The number of carbonyl (C=O) groups is 2. The summed E-state index contributed by atoms with van der Waals surface area (Å²) in [6.45, 7) is 9.33. The zero-order valence-corrected chi connectivity index (χ0v) is 36.9. The van der Waals surface area contributed by atoms with E-state index in [1.54, 1.807) is 41.5 Å². The molecule has 2 heterocycles. The molecule has 4 N–H and O–H groups in total. The van der Waals surface area contributed by atoms with Crippen LogP contribution in [-0.4, -0.2) is 97.7 Å². The van der Waals surface area contributed by atoms with Crippen LogP contribution in [0.3, 0.4) is 0 Å². The largest absolute Gasteiger partial charge is 0.514 e. The minimum Gasteiger partial charge on any atom is -0.428 e. The van der Waals surface area contributed by atoms with Gasteiger partial charge in [-0.2, -0.15) is 25.3 Å². The molecule has 0 saturated heterocycles. The van der Waals surface area contributed by atoms with Gasteiger partial charge in [0.1, 0.15) is 49.5 Å². The van der Waals surface area contributed by atoms with E-state index in [0.29, 0.717) is 18.1 Å². The predicted molar refractivity (Wildman–Crippen MR) is 220 cm³/mol. The first-order valence-electron chi connectivity index (χ1n) is 17.8. The zero-order valence-electron chi connectivity index (χ0n) is 33.6. The van der Waals surface area contributed by atoms with E-state index in [0.717, 1.165) is 39.9 Å². The number of hydrogen-bond acceptors (Lipinski definition) is 20. The van der Waals surface area contributed by atoms with Crippen LogP contribution in [-0.2, 0) is 49.2 Å². The zero-order chi connectivity index (χ0) is 46.9. The molecule has 0 amide bonds. The summed E-state index contributed by atoms with van der Waals surface area (Å²) in [5.41, 5.74) is -2.85. The Bertz CT molecular complexity index is 3430. The summed E-state index contributed by atoms with van der Waals surface area (Å²) in [6.07, 6.45) is -2.52. The van der Waals surface area contributed by atoms with Crippen LogP contribution < -0.4 is 9.47 Å². The van der Waals surface area contributed by atoms with Crippen molar-refractivity contribution >= 4 is 98.3 Å². The lowest BCUT2D eigenvalue weighted by Crippen LogP contribution is -2.27. The molecule has 0 aliphatic rings. The number of hydrogen-bond donors (Lipinski definition) is 4. The maximum Gasteiger partial charge on any atom is 0.514 e. The van der Waals surface area contributed by atoms with Crippen LogP contribution in [0.5, 0.6) is 11.5 Å². The quantitative estimate of drug-likeness (QED) is 0.0293. The lowest BCUT2D eigenvalue weighted by atomic mass is 10.1. The molecule has 5 aromatic carbocycles. The Morgan fingerprint density at radius 2 is 1.02 bits per heavy atom. The maximum absolute atomic E-state index is 13.3. The lowest BCUT2D eigenvalue weighted by molar-refractivity contribution is -0.432. The minimum absolute atomic E-state index is 0.00271. The van der Waals surface area contributed by atoms with Crippen LogP contribution in [0.1, 0.15) is 41.5 Å². The fraction of sp³-hybridized carbons (Fsp3) is 0.222. The Labute approximate surface area is 364 Å². The van der Waals surface area contributed by atoms with Crippen molar-refractivity contribution in [1.82, 2.24) is 30.0 Å². The molecule has 338 valence electrons. The number of nitrogens with zero attached hydrogens (tertiary/aromatic N) is 6. The third-order valence-corrected chi connectivity index (χ3v) is 11.7. The number of benzene rings is 5. The van der Waals surface area contributed by atoms with E-state index in [4.69, 9.17) is 24.2 Å². The van der Waals surface area contributed by atoms with Gasteiger partial charge in [0.05, 0.1) is 21.8 Å². The first-order chi connectivity index (χ1) is 29.6. The summed E-state index contributed by atoms with van der Waals surface area (Å²) in [6, 6.07) is 11.2. The van der Waals surface area contributed by atoms with Gasteiger partial charge in [-0.25, -0.2) is 14.8 Å². The van der Waals surface area contributed by atoms with Gasteiger partial charge in [0.15, 0.2) is 11.5 Å². The summed E-state index contributed by atoms with van der Waals surface area (Å²) in [7, 11) is -15.0. The van der Waals surface area contributed by atoms with Crippen molar-refractivity contribution in [3.8, 4) is 22.9 Å². The van der Waals surface area contributed by atoms with Gasteiger partial charge in [0.25, 0.3) is 30.4 Å². The highest BCUT2D eigenvalue weighted by Crippen LogP contribution is 2.39. The van der Waals surface area contributed by atoms with E-state index in [-0.39, 0.29) is 59.9 Å². The van der Waals surface area contributed by atoms with Gasteiger partial charge in [-0.15, -0.1) is 34.3 Å². The molecule has 2 aromatic heterocycles. The van der Waals surface area contributed by atoms with Gasteiger partial charge in [-0.1, -0.05) is 17.2 Å². The summed E-state index contributed by atoms with van der Waals surface area (Å²) < 4.78 is 130. The molecule has 0 unspecified atom stereocenters. The second kappa shape index (κ2) is 16.2. The highest BCUT2D eigenvalue weighted by atomic mass is 32.2. The van der Waals surface area contributed by atoms with Crippen molar-refractivity contribution in [3.63, 3.8) is 0 Å². The van der Waals surface area contributed by atoms with Crippen LogP contribution >= 0.6 is 12.0 Å². The van der Waals surface area contributed by atoms with Crippen molar-refractivity contribution in [2.24, 2.45) is 0 Å². The number of ether oxygens (including phenoxy) is 4. The van der Waals surface area contributed by atoms with Crippen molar-refractivity contribution in [1.29, 1.82) is 0 Å². The van der Waals surface area contributed by atoms with Gasteiger partial charge in [-0.05, 0) is 77.9 Å². The van der Waals surface area contributed by atoms with Crippen LogP contribution in [0.15, 0.2) is 80.2 Å². The maximum atomic E-state index is 13.3. The van der Waals surface area contributed by atoms with Crippen LogP contribution in [0.2, 0.25) is 0 Å². The van der Waals surface area contributed by atoms with Crippen molar-refractivity contribution in [2.45, 2.75) is 72.3 Å². The Kier molecular flexibility index (Phi) is 11.6. The third kappa shape index (κ3) is 9.69. The molecule has 0 fully saturated rings. The Hall–Kier alpha value is -6.08. The molecular formula is C36H32N6O18S4. The average Bonchev–Trinajstić information content (AvgIpc) is 3.79. The summed E-state index contributed by atoms with van der Waals surface area (Å²) in [4.78, 5) is 26.0. The van der Waals surface area contributed by atoms with Crippen LogP contribution in [0.25, 0.3) is 55.0 Å². The topological polar surface area (TPSA) is 334 Å². The van der Waals surface area contributed by atoms with Gasteiger partial charge in [-0.3, -0.25) is 13.7 Å². The average molecular weight is 965 g/mol. The Morgan fingerprint density at radius 3 is 1.44 bits per heavy atom. The SMILES string of the molecule is CC(C)(C)OC(=O)Oc1cc(-n2nc3ccc4c(S(=O)(=O)O)cc(S(=O)(=O)O)cc4c3n2)c(OC(=O)OC(C)(C)C)cc1-n1nc2ccc3c(SOOO)cc(S(=O)(=O)O)cc3c2n1. The fourth-order valence-electron chi connectivity index (χ4n) is 6.09. The van der Waals surface area contributed by atoms with Gasteiger partial charge in [0.2, 0.25) is 0 Å². The molecule has 0 bridgehead atoms. The van der Waals surface area contributed by atoms with E-state index >= 15 is 0 Å². The second-order valence-electron chi connectivity index (χ2n) is 15.5. The molecule has 0 spiro atoms. The monoisotopic (exact) mass is 964 g/mol. The predicted octanol–water partition coefficient (Wildman–Crippen LogP) is 6.26. The van der Waals surface area contributed by atoms with Gasteiger partial charge >= 0.3 is 12.3 Å². The van der Waals surface area contributed by atoms with Crippen molar-refractivity contribution in [3.05, 3.63) is 60.7 Å². The minimum atomic E-state index is -5.09. The Morgan fingerprint density at radius 1 is 0.578 bits per heavy atom. The third-order valence-electron chi connectivity index (χ3n) is 8.50. The number of carbonyl (C=O) groups excluding carboxylic acids is 2. The molecule has 7 aromatic rings. The molecule has 0 saturated carbocycles. The summed E-state index contributed by atoms with van der Waals surface area (Å²) in [5.74, 6) is -0.843. The van der Waals surface area contributed by atoms with E-state index in [9.17, 15) is 48.5 Å². The second-order valence-corrected chi connectivity index (χ2v) is 20.4. The molecule has 24 nitrogen and oxygen atoms in total. The highest BCUT2D eigenvalue weighted by molar-refractivity contribution is 7.94. The lowest BCUT2D eigenvalue weighted by Gasteiger charge is -2.21. The summed E-state index contributed by atoms with van der Waals surface area (Å²) in [5, 5.41) is 30.2. The molecule has 0 atom stereocenters. The van der Waals surface area contributed by atoms with E-state index < -0.39 is 80.1 Å². The molecule has 0 aliphatic heterocycles. The number of aromatic nitrogens is 6. The van der Waals surface area contributed by atoms with Crippen molar-refractivity contribution < 1.29 is 82.1 Å². The van der Waals surface area contributed by atoms with Crippen LogP contribution in [0.4, 0.5) is 9.59 Å². The van der Waals surface area contributed by atoms with Gasteiger partial charge in [0, 0.05) is 38.6 Å². The van der Waals surface area contributed by atoms with E-state index in [2.05, 4.69) is 29.8 Å². The fourth-order valence-corrected chi connectivity index (χ4v) is 8.58. The summed E-state index contributed by atoms with van der Waals surface area (Å²) >= 11 is 0.397. The standard InChI is InChI=1S/C36H32N6O18S4/c1-35(2,3)57-33(43)55-27-16-26(42-38-24-10-8-20-22(32(24)40-42)12-18(63(49,50)51)14-30(20)64(52,53)54)28(56-34(44)58-36(4,5)6)15-25(27)41-37-23-9-7-19-21(31(23)39-41)11-17(62(46,47)48)13-29(19)61-60-59-45/h7-16,45H,1-6H3,(H,46,47,48)(H,49,50,51)(H,52,53,54). The highest BCUT2D eigenvalue weighted by Gasteiger charge is 2.29.